The van der Waals surface area contributed by atoms with Crippen molar-refractivity contribution in [2.75, 3.05) is 24.3 Å². The van der Waals surface area contributed by atoms with Crippen LogP contribution in [0.2, 0.25) is 0 Å². The Labute approximate surface area is 237 Å². The van der Waals surface area contributed by atoms with Gasteiger partial charge in [0, 0.05) is 19.5 Å². The molecule has 41 heavy (non-hydrogen) atoms. The second-order valence-corrected chi connectivity index (χ2v) is 12.2. The Bertz CT molecular complexity index is 1420. The van der Waals surface area contributed by atoms with E-state index in [4.69, 9.17) is 24.3 Å². The number of nitrogen functional groups attached to an aromatic ring is 1. The van der Waals surface area contributed by atoms with Gasteiger partial charge in [0.25, 0.3) is 0 Å². The highest BCUT2D eigenvalue weighted by atomic mass is 31.2. The summed E-state index contributed by atoms with van der Waals surface area (Å²) >= 11 is 0. The van der Waals surface area contributed by atoms with E-state index in [1.807, 2.05) is 11.9 Å². The zero-order valence-electron chi connectivity index (χ0n) is 23.3. The molecule has 0 bridgehead atoms. The molecule has 1 aliphatic carbocycles. The molecule has 0 amide bonds. The van der Waals surface area contributed by atoms with E-state index in [9.17, 15) is 9.36 Å². The van der Waals surface area contributed by atoms with Gasteiger partial charge in [-0.15, -0.1) is 0 Å². The maximum atomic E-state index is 15.3. The number of benzene rings is 1. The highest BCUT2D eigenvalue weighted by molar-refractivity contribution is 7.52. The number of hydrogen-bond acceptors (Lipinski definition) is 11. The first-order chi connectivity index (χ1) is 19.5. The van der Waals surface area contributed by atoms with Gasteiger partial charge in [0.05, 0.1) is 25.1 Å². The Morgan fingerprint density at radius 1 is 1.27 bits per heavy atom. The Kier molecular flexibility index (Phi) is 8.46. The second kappa shape index (κ2) is 11.9. The first kappa shape index (κ1) is 29.2. The van der Waals surface area contributed by atoms with Gasteiger partial charge >= 0.3 is 13.7 Å². The van der Waals surface area contributed by atoms with Crippen LogP contribution >= 0.6 is 7.75 Å². The average Bonchev–Trinajstić information content (AvgIpc) is 3.59. The molecule has 3 N–H and O–H groups in total. The molecule has 1 aromatic carbocycles. The number of halogens is 1. The molecule has 2 aliphatic rings. The molecule has 1 saturated heterocycles. The molecule has 3 heterocycles. The summed E-state index contributed by atoms with van der Waals surface area (Å²) in [6.07, 6.45) is -0.148. The van der Waals surface area contributed by atoms with E-state index in [0.29, 0.717) is 23.0 Å². The second-order valence-electron chi connectivity index (χ2n) is 10.5. The number of anilines is 2. The lowest BCUT2D eigenvalue weighted by Gasteiger charge is -2.24. The van der Waals surface area contributed by atoms with Crippen LogP contribution in [0.5, 0.6) is 5.75 Å². The molecule has 222 valence electrons. The van der Waals surface area contributed by atoms with E-state index in [1.165, 1.54) is 17.8 Å². The lowest BCUT2D eigenvalue weighted by molar-refractivity contribution is -0.149. The van der Waals surface area contributed by atoms with Gasteiger partial charge in [0.2, 0.25) is 5.95 Å². The van der Waals surface area contributed by atoms with Gasteiger partial charge in [-0.25, -0.2) is 13.9 Å². The molecule has 5 rings (SSSR count). The number of alkyl halides is 1. The van der Waals surface area contributed by atoms with Crippen LogP contribution in [0.25, 0.3) is 11.2 Å². The van der Waals surface area contributed by atoms with Crippen LogP contribution in [0.1, 0.15) is 46.3 Å². The molecule has 1 saturated carbocycles. The summed E-state index contributed by atoms with van der Waals surface area (Å²) in [5.74, 6) is 0.263. The maximum Gasteiger partial charge on any atom is 0.459 e. The number of carbonyl (C=O) groups excluding carboxylic acids is 1. The zero-order valence-corrected chi connectivity index (χ0v) is 24.2. The number of nitrogens with two attached hydrogens (primary N) is 1. The van der Waals surface area contributed by atoms with Crippen molar-refractivity contribution >= 4 is 36.6 Å². The van der Waals surface area contributed by atoms with E-state index >= 15 is 4.39 Å². The summed E-state index contributed by atoms with van der Waals surface area (Å²) < 4.78 is 53.1. The number of aromatic nitrogens is 4. The van der Waals surface area contributed by atoms with E-state index in [0.717, 1.165) is 12.8 Å². The Morgan fingerprint density at radius 2 is 2.00 bits per heavy atom. The number of esters is 1. The number of carbonyl (C=O) groups is 1. The summed E-state index contributed by atoms with van der Waals surface area (Å²) in [7, 11) is -2.21. The molecule has 5 atom stereocenters. The van der Waals surface area contributed by atoms with Gasteiger partial charge in [0.15, 0.2) is 23.2 Å². The van der Waals surface area contributed by atoms with Gasteiger partial charge in [-0.2, -0.15) is 15.1 Å². The largest absolute Gasteiger partial charge is 0.462 e. The Balaban J connectivity index is 1.30. The third-order valence-electron chi connectivity index (χ3n) is 6.71. The highest BCUT2D eigenvalue weighted by Gasteiger charge is 2.41. The van der Waals surface area contributed by atoms with Crippen molar-refractivity contribution in [1.29, 1.82) is 0 Å². The van der Waals surface area contributed by atoms with E-state index < -0.39 is 38.3 Å². The molecule has 0 spiro atoms. The van der Waals surface area contributed by atoms with Crippen molar-refractivity contribution in [2.24, 2.45) is 0 Å². The summed E-state index contributed by atoms with van der Waals surface area (Å²) in [6, 6.07) is 7.72. The SMILES string of the molecule is CC(C)OC(=O)[C@@H](C)N[P@](=O)(OC[C@@H]1C[C@H](F)[C@H](n2cnc3c(N(C)C4CC4)nc(N)nc32)O1)Oc1ccccc1. The summed E-state index contributed by atoms with van der Waals surface area (Å²) in [4.78, 5) is 27.5. The monoisotopic (exact) mass is 591 g/mol. The standard InChI is InChI=1S/C26H35FN7O6P/c1-15(2)38-25(35)16(3)32-41(36,40-18-8-6-5-7-9-18)37-13-19-12-20(27)24(39-19)34-14-29-21-22(33(4)17-10-11-17)30-26(28)31-23(21)34/h5-9,14-17,19-20,24H,10-13H2,1-4H3,(H,32,36)(H2,28,30,31)/t16-,19+,20+,24-,41+/m1/s1. The van der Waals surface area contributed by atoms with Crippen LogP contribution in [0.3, 0.4) is 0 Å². The number of imidazole rings is 1. The summed E-state index contributed by atoms with van der Waals surface area (Å²) in [5, 5.41) is 2.62. The molecule has 2 aromatic heterocycles. The van der Waals surface area contributed by atoms with Crippen LogP contribution in [0, 0.1) is 0 Å². The molecule has 13 nitrogen and oxygen atoms in total. The predicted molar refractivity (Wildman–Crippen MR) is 149 cm³/mol. The molecule has 0 radical (unpaired) electrons. The predicted octanol–water partition coefficient (Wildman–Crippen LogP) is 3.77. The lowest BCUT2D eigenvalue weighted by Crippen LogP contribution is -2.36. The first-order valence-corrected chi connectivity index (χ1v) is 15.1. The zero-order chi connectivity index (χ0) is 29.3. The van der Waals surface area contributed by atoms with Gasteiger partial charge in [-0.1, -0.05) is 18.2 Å². The number of fused-ring (bicyclic) bond motifs is 1. The fourth-order valence-corrected chi connectivity index (χ4v) is 6.07. The quantitative estimate of drug-likeness (QED) is 0.233. The minimum absolute atomic E-state index is 0.0456. The van der Waals surface area contributed by atoms with Crippen LogP contribution < -0.4 is 20.2 Å². The van der Waals surface area contributed by atoms with Crippen molar-refractivity contribution in [2.45, 2.75) is 76.7 Å². The van der Waals surface area contributed by atoms with Gasteiger partial charge in [0.1, 0.15) is 18.0 Å². The summed E-state index contributed by atoms with van der Waals surface area (Å²) in [6.45, 7) is 4.62. The molecule has 1 aliphatic heterocycles. The van der Waals surface area contributed by atoms with Gasteiger partial charge < -0.3 is 24.6 Å². The smallest absolute Gasteiger partial charge is 0.459 e. The van der Waals surface area contributed by atoms with Crippen LogP contribution in [-0.4, -0.2) is 69.6 Å². The third-order valence-corrected chi connectivity index (χ3v) is 8.35. The van der Waals surface area contributed by atoms with Crippen molar-refractivity contribution < 1.29 is 32.3 Å². The average molecular weight is 592 g/mol. The van der Waals surface area contributed by atoms with E-state index in [-0.39, 0.29) is 30.8 Å². The van der Waals surface area contributed by atoms with Crippen molar-refractivity contribution in [3.63, 3.8) is 0 Å². The maximum absolute atomic E-state index is 15.3. The lowest BCUT2D eigenvalue weighted by atomic mass is 10.2. The van der Waals surface area contributed by atoms with Crippen LogP contribution in [0.15, 0.2) is 36.7 Å². The molecule has 15 heteroatoms. The number of para-hydroxylation sites is 1. The molecule has 2 fully saturated rings. The Morgan fingerprint density at radius 3 is 2.68 bits per heavy atom. The Hall–Kier alpha value is -3.32. The number of hydrogen-bond donors (Lipinski definition) is 2. The van der Waals surface area contributed by atoms with Crippen molar-refractivity contribution in [3.05, 3.63) is 36.7 Å². The molecular weight excluding hydrogens is 556 g/mol. The first-order valence-electron chi connectivity index (χ1n) is 13.5. The van der Waals surface area contributed by atoms with Crippen molar-refractivity contribution in [3.8, 4) is 5.75 Å². The third kappa shape index (κ3) is 6.78. The minimum atomic E-state index is -4.13. The number of nitrogens with one attached hydrogen (secondary N) is 1. The normalized spacial score (nSPS) is 22.9. The topological polar surface area (TPSA) is 156 Å². The fourth-order valence-electron chi connectivity index (χ4n) is 4.55. The number of nitrogens with zero attached hydrogens (tertiary/aromatic N) is 5. The minimum Gasteiger partial charge on any atom is -0.462 e. The van der Waals surface area contributed by atoms with E-state index in [1.54, 1.807) is 44.2 Å². The van der Waals surface area contributed by atoms with Crippen molar-refractivity contribution in [1.82, 2.24) is 24.6 Å². The molecule has 3 aromatic rings. The molecular formula is C26H35FN7O6P. The summed E-state index contributed by atoms with van der Waals surface area (Å²) in [5.41, 5.74) is 6.84. The highest BCUT2D eigenvalue weighted by Crippen LogP contribution is 2.46. The van der Waals surface area contributed by atoms with Gasteiger partial charge in [-0.3, -0.25) is 13.9 Å². The van der Waals surface area contributed by atoms with Crippen LogP contribution in [-0.2, 0) is 23.4 Å². The number of ether oxygens (including phenoxy) is 2. The van der Waals surface area contributed by atoms with Crippen LogP contribution in [0.4, 0.5) is 16.2 Å². The van der Waals surface area contributed by atoms with Gasteiger partial charge in [-0.05, 0) is 45.7 Å². The molecule has 0 unspecified atom stereocenters. The van der Waals surface area contributed by atoms with E-state index in [2.05, 4.69) is 20.0 Å². The fraction of sp³-hybridized carbons (Fsp3) is 0.538. The number of rotatable bonds is 12.